The minimum absolute atomic E-state index is 0.211. The van der Waals surface area contributed by atoms with E-state index in [4.69, 9.17) is 0 Å². The number of hydrogen-bond donors (Lipinski definition) is 1. The molecule has 1 aromatic heterocycles. The molecule has 96 valence electrons. The van der Waals surface area contributed by atoms with Crippen molar-refractivity contribution in [3.8, 4) is 0 Å². The molecule has 0 aliphatic carbocycles. The molecule has 1 aromatic carbocycles. The lowest BCUT2D eigenvalue weighted by molar-refractivity contribution is 0.579. The van der Waals surface area contributed by atoms with E-state index in [9.17, 15) is 8.78 Å². The summed E-state index contributed by atoms with van der Waals surface area (Å²) in [6, 6.07) is 2.19. The van der Waals surface area contributed by atoms with Crippen LogP contribution >= 0.6 is 15.9 Å². The number of aromatic nitrogens is 3. The van der Waals surface area contributed by atoms with E-state index in [0.717, 1.165) is 6.07 Å². The van der Waals surface area contributed by atoms with E-state index in [1.807, 2.05) is 6.92 Å². The Morgan fingerprint density at radius 1 is 1.33 bits per heavy atom. The van der Waals surface area contributed by atoms with Crippen molar-refractivity contribution in [3.63, 3.8) is 0 Å². The van der Waals surface area contributed by atoms with Gasteiger partial charge in [0.25, 0.3) is 0 Å². The first-order valence-electron chi connectivity index (χ1n) is 5.37. The van der Waals surface area contributed by atoms with E-state index >= 15 is 0 Å². The van der Waals surface area contributed by atoms with Gasteiger partial charge < -0.3 is 5.32 Å². The van der Waals surface area contributed by atoms with Gasteiger partial charge in [-0.15, -0.1) is 0 Å². The highest BCUT2D eigenvalue weighted by atomic mass is 79.9. The van der Waals surface area contributed by atoms with Gasteiger partial charge in [-0.3, -0.25) is 0 Å². The van der Waals surface area contributed by atoms with E-state index < -0.39 is 11.6 Å². The fourth-order valence-corrected chi connectivity index (χ4v) is 1.86. The van der Waals surface area contributed by atoms with E-state index in [1.165, 1.54) is 12.4 Å². The Labute approximate surface area is 111 Å². The lowest BCUT2D eigenvalue weighted by Crippen LogP contribution is -2.10. The van der Waals surface area contributed by atoms with Crippen LogP contribution in [0.4, 0.5) is 14.5 Å². The van der Waals surface area contributed by atoms with Gasteiger partial charge in [0, 0.05) is 12.6 Å². The molecule has 0 saturated heterocycles. The van der Waals surface area contributed by atoms with Crippen LogP contribution in [0.5, 0.6) is 0 Å². The first-order valence-corrected chi connectivity index (χ1v) is 6.16. The van der Waals surface area contributed by atoms with Crippen molar-refractivity contribution in [2.45, 2.75) is 20.0 Å². The molecule has 1 heterocycles. The summed E-state index contributed by atoms with van der Waals surface area (Å²) in [5.74, 6) is -0.578. The minimum Gasteiger partial charge on any atom is -0.375 e. The molecule has 0 radical (unpaired) electrons. The average Bonchev–Trinajstić information content (AvgIpc) is 2.79. The monoisotopic (exact) mass is 316 g/mol. The van der Waals surface area contributed by atoms with Crippen LogP contribution in [0.1, 0.15) is 12.7 Å². The summed E-state index contributed by atoms with van der Waals surface area (Å²) in [6.07, 6.45) is 1.44. The zero-order valence-corrected chi connectivity index (χ0v) is 11.2. The molecule has 7 heteroatoms. The summed E-state index contributed by atoms with van der Waals surface area (Å²) in [6.45, 7) is 2.95. The molecule has 0 bridgehead atoms. The van der Waals surface area contributed by atoms with Crippen LogP contribution in [0.3, 0.4) is 0 Å². The van der Waals surface area contributed by atoms with Crippen LogP contribution in [0.15, 0.2) is 22.9 Å². The van der Waals surface area contributed by atoms with Crippen molar-refractivity contribution in [2.75, 3.05) is 5.32 Å². The maximum atomic E-state index is 13.5. The van der Waals surface area contributed by atoms with Crippen molar-refractivity contribution in [1.82, 2.24) is 14.8 Å². The third-order valence-electron chi connectivity index (χ3n) is 2.44. The highest BCUT2D eigenvalue weighted by Crippen LogP contribution is 2.23. The van der Waals surface area contributed by atoms with Crippen LogP contribution in [0, 0.1) is 11.6 Å². The summed E-state index contributed by atoms with van der Waals surface area (Å²) in [4.78, 5) is 4.05. The third kappa shape index (κ3) is 2.66. The van der Waals surface area contributed by atoms with Crippen molar-refractivity contribution < 1.29 is 8.78 Å². The van der Waals surface area contributed by atoms with Gasteiger partial charge in [-0.25, -0.2) is 18.4 Å². The molecule has 0 saturated carbocycles. The molecule has 18 heavy (non-hydrogen) atoms. The van der Waals surface area contributed by atoms with Crippen LogP contribution in [-0.2, 0) is 13.1 Å². The van der Waals surface area contributed by atoms with Gasteiger partial charge in [0.05, 0.1) is 16.7 Å². The highest BCUT2D eigenvalue weighted by molar-refractivity contribution is 9.10. The Balaban J connectivity index is 2.13. The number of nitrogens with one attached hydrogen (secondary N) is 1. The van der Waals surface area contributed by atoms with Crippen LogP contribution in [0.25, 0.3) is 0 Å². The lowest BCUT2D eigenvalue weighted by atomic mass is 10.3. The van der Waals surface area contributed by atoms with Crippen molar-refractivity contribution in [2.24, 2.45) is 0 Å². The second-order valence-corrected chi connectivity index (χ2v) is 4.45. The van der Waals surface area contributed by atoms with Gasteiger partial charge in [0.1, 0.15) is 23.8 Å². The van der Waals surface area contributed by atoms with E-state index in [-0.39, 0.29) is 10.2 Å². The zero-order chi connectivity index (χ0) is 13.1. The Bertz CT molecular complexity index is 556. The predicted molar refractivity (Wildman–Crippen MR) is 67.1 cm³/mol. The molecule has 2 rings (SSSR count). The smallest absolute Gasteiger partial charge is 0.149 e. The fourth-order valence-electron chi connectivity index (χ4n) is 1.52. The standard InChI is InChI=1S/C11H11BrF2N4/c1-2-18-11(16-6-17-18)5-15-10-3-7(12)8(13)4-9(10)14/h3-4,6,15H,2,5H2,1H3. The fraction of sp³-hybridized carbons (Fsp3) is 0.273. The molecule has 0 aliphatic heterocycles. The molecule has 0 spiro atoms. The first kappa shape index (κ1) is 12.9. The van der Waals surface area contributed by atoms with Gasteiger partial charge in [-0.05, 0) is 28.9 Å². The molecular formula is C11H11BrF2N4. The van der Waals surface area contributed by atoms with Crippen molar-refractivity contribution >= 4 is 21.6 Å². The normalized spacial score (nSPS) is 10.7. The second kappa shape index (κ2) is 5.43. The van der Waals surface area contributed by atoms with Crippen molar-refractivity contribution in [1.29, 1.82) is 0 Å². The van der Waals surface area contributed by atoms with Crippen LogP contribution in [0.2, 0.25) is 0 Å². The molecule has 0 unspecified atom stereocenters. The number of aryl methyl sites for hydroxylation is 1. The van der Waals surface area contributed by atoms with Gasteiger partial charge >= 0.3 is 0 Å². The van der Waals surface area contributed by atoms with Crippen molar-refractivity contribution in [3.05, 3.63) is 40.4 Å². The van der Waals surface area contributed by atoms with Gasteiger partial charge in [-0.2, -0.15) is 5.10 Å². The number of benzene rings is 1. The molecule has 0 atom stereocenters. The number of rotatable bonds is 4. The van der Waals surface area contributed by atoms with E-state index in [0.29, 0.717) is 18.9 Å². The van der Waals surface area contributed by atoms with E-state index in [1.54, 1.807) is 4.68 Å². The summed E-state index contributed by atoms with van der Waals surface area (Å²) >= 11 is 3.01. The third-order valence-corrected chi connectivity index (χ3v) is 3.05. The quantitative estimate of drug-likeness (QED) is 0.882. The maximum Gasteiger partial charge on any atom is 0.149 e. The Hall–Kier alpha value is -1.50. The largest absolute Gasteiger partial charge is 0.375 e. The molecule has 1 N–H and O–H groups in total. The molecule has 0 fully saturated rings. The molecule has 2 aromatic rings. The Kier molecular flexibility index (Phi) is 3.90. The van der Waals surface area contributed by atoms with Crippen LogP contribution in [-0.4, -0.2) is 14.8 Å². The zero-order valence-electron chi connectivity index (χ0n) is 9.62. The molecular weight excluding hydrogens is 306 g/mol. The summed E-state index contributed by atoms with van der Waals surface area (Å²) in [7, 11) is 0. The van der Waals surface area contributed by atoms with Gasteiger partial charge in [0.2, 0.25) is 0 Å². The van der Waals surface area contributed by atoms with Gasteiger partial charge in [0.15, 0.2) is 0 Å². The second-order valence-electron chi connectivity index (χ2n) is 3.59. The summed E-state index contributed by atoms with van der Waals surface area (Å²) in [5, 5.41) is 6.87. The predicted octanol–water partition coefficient (Wildman–Crippen LogP) is 2.95. The number of nitrogens with zero attached hydrogens (tertiary/aromatic N) is 3. The SMILES string of the molecule is CCn1ncnc1CNc1cc(Br)c(F)cc1F. The maximum absolute atomic E-state index is 13.5. The number of halogens is 3. The average molecular weight is 317 g/mol. The summed E-state index contributed by atoms with van der Waals surface area (Å²) < 4.78 is 28.4. The van der Waals surface area contributed by atoms with Gasteiger partial charge in [-0.1, -0.05) is 0 Å². The Morgan fingerprint density at radius 3 is 2.83 bits per heavy atom. The minimum atomic E-state index is -0.640. The highest BCUT2D eigenvalue weighted by Gasteiger charge is 2.09. The molecule has 4 nitrogen and oxygen atoms in total. The molecule has 0 amide bonds. The molecule has 0 aliphatic rings. The van der Waals surface area contributed by atoms with Crippen LogP contribution < -0.4 is 5.32 Å². The number of hydrogen-bond acceptors (Lipinski definition) is 3. The summed E-state index contributed by atoms with van der Waals surface area (Å²) in [5.41, 5.74) is 0.217. The van der Waals surface area contributed by atoms with E-state index in [2.05, 4.69) is 31.3 Å². The Morgan fingerprint density at radius 2 is 2.11 bits per heavy atom. The number of anilines is 1. The topological polar surface area (TPSA) is 42.7 Å². The lowest BCUT2D eigenvalue weighted by Gasteiger charge is -2.08. The first-order chi connectivity index (χ1) is 8.61.